The van der Waals surface area contributed by atoms with Crippen molar-refractivity contribution in [1.29, 1.82) is 0 Å². The van der Waals surface area contributed by atoms with Crippen LogP contribution in [0, 0.1) is 11.6 Å². The van der Waals surface area contributed by atoms with E-state index in [4.69, 9.17) is 9.47 Å². The van der Waals surface area contributed by atoms with E-state index in [1.807, 2.05) is 4.90 Å². The Morgan fingerprint density at radius 2 is 1.83 bits per heavy atom. The zero-order valence-corrected chi connectivity index (χ0v) is 16.2. The predicted molar refractivity (Wildman–Crippen MR) is 104 cm³/mol. The van der Waals surface area contributed by atoms with Gasteiger partial charge in [0, 0.05) is 44.2 Å². The highest BCUT2D eigenvalue weighted by molar-refractivity contribution is 5.82. The minimum Gasteiger partial charge on any atom is -0.493 e. The Morgan fingerprint density at radius 1 is 1.07 bits per heavy atom. The number of rotatable bonds is 4. The molecule has 2 heterocycles. The molecule has 2 aromatic carbocycles. The van der Waals surface area contributed by atoms with E-state index in [0.29, 0.717) is 59.8 Å². The van der Waals surface area contributed by atoms with Gasteiger partial charge in [-0.2, -0.15) is 0 Å². The first-order valence-electron chi connectivity index (χ1n) is 9.32. The fraction of sp³-hybridized carbons (Fsp3) is 0.333. The van der Waals surface area contributed by atoms with Crippen molar-refractivity contribution >= 4 is 10.9 Å². The van der Waals surface area contributed by atoms with Gasteiger partial charge in [0.15, 0.2) is 23.1 Å². The van der Waals surface area contributed by atoms with Crippen molar-refractivity contribution in [3.63, 3.8) is 0 Å². The van der Waals surface area contributed by atoms with Crippen LogP contribution in [0.15, 0.2) is 35.1 Å². The fourth-order valence-corrected chi connectivity index (χ4v) is 3.70. The summed E-state index contributed by atoms with van der Waals surface area (Å²) in [5, 5.41) is 0.455. The van der Waals surface area contributed by atoms with Gasteiger partial charge in [-0.1, -0.05) is 12.1 Å². The number of aromatic nitrogens is 2. The SMILES string of the molecule is COc1cc2nc3n(c(=O)c2cc1OC)CCN(Cc1cccc(F)c1F)CC3. The van der Waals surface area contributed by atoms with Gasteiger partial charge in [-0.05, 0) is 12.1 Å². The number of fused-ring (bicyclic) bond motifs is 2. The second kappa shape index (κ2) is 7.79. The second-order valence-corrected chi connectivity index (χ2v) is 6.95. The van der Waals surface area contributed by atoms with Crippen molar-refractivity contribution in [3.8, 4) is 11.5 Å². The van der Waals surface area contributed by atoms with Gasteiger partial charge in [-0.3, -0.25) is 14.3 Å². The lowest BCUT2D eigenvalue weighted by molar-refractivity contribution is 0.266. The summed E-state index contributed by atoms with van der Waals surface area (Å²) in [5.41, 5.74) is 0.698. The molecular weight excluding hydrogens is 380 g/mol. The molecule has 8 heteroatoms. The summed E-state index contributed by atoms with van der Waals surface area (Å²) >= 11 is 0. The van der Waals surface area contributed by atoms with Crippen LogP contribution in [-0.4, -0.2) is 41.8 Å². The van der Waals surface area contributed by atoms with Crippen LogP contribution in [0.25, 0.3) is 10.9 Å². The topological polar surface area (TPSA) is 56.6 Å². The second-order valence-electron chi connectivity index (χ2n) is 6.95. The Bertz CT molecular complexity index is 1130. The molecule has 0 amide bonds. The normalized spacial score (nSPS) is 14.5. The molecule has 4 rings (SSSR count). The lowest BCUT2D eigenvalue weighted by Gasteiger charge is -2.19. The van der Waals surface area contributed by atoms with Crippen LogP contribution in [0.3, 0.4) is 0 Å². The highest BCUT2D eigenvalue weighted by atomic mass is 19.2. The van der Waals surface area contributed by atoms with Crippen LogP contribution in [-0.2, 0) is 19.5 Å². The summed E-state index contributed by atoms with van der Waals surface area (Å²) in [6.07, 6.45) is 0.524. The van der Waals surface area contributed by atoms with Crippen molar-refractivity contribution in [1.82, 2.24) is 14.5 Å². The van der Waals surface area contributed by atoms with Gasteiger partial charge in [-0.25, -0.2) is 13.8 Å². The number of halogens is 2. The molecule has 0 bridgehead atoms. The summed E-state index contributed by atoms with van der Waals surface area (Å²) < 4.78 is 39.8. The van der Waals surface area contributed by atoms with Crippen LogP contribution < -0.4 is 15.0 Å². The molecule has 0 saturated carbocycles. The molecule has 0 fully saturated rings. The number of ether oxygens (including phenoxy) is 2. The predicted octanol–water partition coefficient (Wildman–Crippen LogP) is 2.75. The zero-order chi connectivity index (χ0) is 20.5. The zero-order valence-electron chi connectivity index (χ0n) is 16.2. The summed E-state index contributed by atoms with van der Waals surface area (Å²) in [5.74, 6) is -0.0380. The highest BCUT2D eigenvalue weighted by Gasteiger charge is 2.20. The van der Waals surface area contributed by atoms with Crippen molar-refractivity contribution in [2.75, 3.05) is 27.3 Å². The standard InChI is InChI=1S/C21H21F2N3O3/c1-28-17-10-14-16(11-18(17)29-2)24-19-6-7-25(8-9-26(19)21(14)27)12-13-4-3-5-15(22)20(13)23/h3-5,10-11H,6-9,12H2,1-2H3. The summed E-state index contributed by atoms with van der Waals surface area (Å²) in [6.45, 7) is 1.81. The molecule has 152 valence electrons. The number of hydrogen-bond acceptors (Lipinski definition) is 5. The first-order chi connectivity index (χ1) is 14.0. The van der Waals surface area contributed by atoms with Crippen LogP contribution in [0.1, 0.15) is 11.4 Å². The third-order valence-electron chi connectivity index (χ3n) is 5.26. The van der Waals surface area contributed by atoms with E-state index < -0.39 is 11.6 Å². The lowest BCUT2D eigenvalue weighted by Crippen LogP contribution is -2.29. The number of methoxy groups -OCH3 is 2. The van der Waals surface area contributed by atoms with E-state index in [2.05, 4.69) is 4.98 Å². The van der Waals surface area contributed by atoms with Gasteiger partial charge < -0.3 is 9.47 Å². The first-order valence-corrected chi connectivity index (χ1v) is 9.32. The molecular formula is C21H21F2N3O3. The molecule has 3 aromatic rings. The van der Waals surface area contributed by atoms with Crippen LogP contribution in [0.5, 0.6) is 11.5 Å². The maximum Gasteiger partial charge on any atom is 0.261 e. The summed E-state index contributed by atoms with van der Waals surface area (Å²) in [7, 11) is 3.05. The quantitative estimate of drug-likeness (QED) is 0.673. The fourth-order valence-electron chi connectivity index (χ4n) is 3.70. The van der Waals surface area contributed by atoms with E-state index in [9.17, 15) is 13.6 Å². The van der Waals surface area contributed by atoms with Gasteiger partial charge in [0.25, 0.3) is 5.56 Å². The molecule has 0 aliphatic carbocycles. The third-order valence-corrected chi connectivity index (χ3v) is 5.26. The molecule has 1 aliphatic rings. The Morgan fingerprint density at radius 3 is 2.59 bits per heavy atom. The average molecular weight is 401 g/mol. The van der Waals surface area contributed by atoms with Crippen molar-refractivity contribution in [2.45, 2.75) is 19.5 Å². The Hall–Kier alpha value is -3.00. The monoisotopic (exact) mass is 401 g/mol. The molecule has 0 spiro atoms. The van der Waals surface area contributed by atoms with E-state index in [0.717, 1.165) is 6.07 Å². The first kappa shape index (κ1) is 19.3. The molecule has 0 N–H and O–H groups in total. The Balaban J connectivity index is 1.66. The number of benzene rings is 2. The maximum absolute atomic E-state index is 14.0. The largest absolute Gasteiger partial charge is 0.493 e. The Kier molecular flexibility index (Phi) is 5.19. The van der Waals surface area contributed by atoms with Gasteiger partial charge in [0.1, 0.15) is 5.82 Å². The summed E-state index contributed by atoms with van der Waals surface area (Å²) in [4.78, 5) is 19.7. The van der Waals surface area contributed by atoms with Gasteiger partial charge in [-0.15, -0.1) is 0 Å². The number of nitrogens with zero attached hydrogens (tertiary/aromatic N) is 3. The molecule has 6 nitrogen and oxygen atoms in total. The summed E-state index contributed by atoms with van der Waals surface area (Å²) in [6, 6.07) is 7.52. The average Bonchev–Trinajstić information content (AvgIpc) is 2.93. The van der Waals surface area contributed by atoms with Gasteiger partial charge in [0.2, 0.25) is 0 Å². The molecule has 0 atom stereocenters. The molecule has 29 heavy (non-hydrogen) atoms. The molecule has 1 aliphatic heterocycles. The number of hydrogen-bond donors (Lipinski definition) is 0. The minimum atomic E-state index is -0.854. The maximum atomic E-state index is 14.0. The van der Waals surface area contributed by atoms with Crippen molar-refractivity contribution < 1.29 is 18.3 Å². The van der Waals surface area contributed by atoms with Crippen molar-refractivity contribution in [2.24, 2.45) is 0 Å². The minimum absolute atomic E-state index is 0.148. The Labute approximate surface area is 166 Å². The van der Waals surface area contributed by atoms with Gasteiger partial charge in [0.05, 0.1) is 25.1 Å². The molecule has 1 aromatic heterocycles. The van der Waals surface area contributed by atoms with E-state index in [1.54, 1.807) is 22.8 Å². The molecule has 0 radical (unpaired) electrons. The third kappa shape index (κ3) is 3.55. The molecule has 0 saturated heterocycles. The van der Waals surface area contributed by atoms with Crippen LogP contribution >= 0.6 is 0 Å². The smallest absolute Gasteiger partial charge is 0.261 e. The van der Waals surface area contributed by atoms with E-state index in [1.165, 1.54) is 20.3 Å². The van der Waals surface area contributed by atoms with Crippen LogP contribution in [0.4, 0.5) is 8.78 Å². The van der Waals surface area contributed by atoms with Gasteiger partial charge >= 0.3 is 0 Å². The van der Waals surface area contributed by atoms with E-state index >= 15 is 0 Å². The highest BCUT2D eigenvalue weighted by Crippen LogP contribution is 2.30. The lowest BCUT2D eigenvalue weighted by atomic mass is 10.2. The van der Waals surface area contributed by atoms with Crippen LogP contribution in [0.2, 0.25) is 0 Å². The molecule has 0 unspecified atom stereocenters. The van der Waals surface area contributed by atoms with Crippen molar-refractivity contribution in [3.05, 3.63) is 63.7 Å². The van der Waals surface area contributed by atoms with E-state index in [-0.39, 0.29) is 12.1 Å².